The topological polar surface area (TPSA) is 55.1 Å². The quantitative estimate of drug-likeness (QED) is 0.808. The summed E-state index contributed by atoms with van der Waals surface area (Å²) in [6.07, 6.45) is 3.06. The van der Waals surface area contributed by atoms with Crippen LogP contribution in [0.4, 0.5) is 0 Å². The lowest BCUT2D eigenvalue weighted by atomic mass is 10.1. The molecule has 19 heavy (non-hydrogen) atoms. The fourth-order valence-electron chi connectivity index (χ4n) is 2.11. The summed E-state index contributed by atoms with van der Waals surface area (Å²) in [5, 5.41) is 3.70. The van der Waals surface area contributed by atoms with E-state index in [9.17, 15) is 4.79 Å². The molecule has 0 aromatic heterocycles. The molecule has 1 aromatic carbocycles. The molecule has 106 valence electrons. The van der Waals surface area contributed by atoms with Gasteiger partial charge in [0.2, 0.25) is 5.91 Å². The van der Waals surface area contributed by atoms with Crippen molar-refractivity contribution < 1.29 is 4.79 Å². The number of benzene rings is 1. The molecule has 0 saturated heterocycles. The Morgan fingerprint density at radius 2 is 2.21 bits per heavy atom. The maximum absolute atomic E-state index is 11.8. The van der Waals surface area contributed by atoms with Crippen LogP contribution >= 0.6 is 11.6 Å². The zero-order valence-corrected chi connectivity index (χ0v) is 12.4. The van der Waals surface area contributed by atoms with Crippen LogP contribution in [0.5, 0.6) is 0 Å². The van der Waals surface area contributed by atoms with Gasteiger partial charge in [0.1, 0.15) is 0 Å². The molecular weight excluding hydrogens is 260 g/mol. The van der Waals surface area contributed by atoms with Gasteiger partial charge in [-0.3, -0.25) is 4.79 Å². The van der Waals surface area contributed by atoms with Crippen LogP contribution in [0.15, 0.2) is 24.3 Å². The molecule has 4 heteroatoms. The molecule has 0 heterocycles. The highest BCUT2D eigenvalue weighted by atomic mass is 35.5. The van der Waals surface area contributed by atoms with Crippen molar-refractivity contribution in [2.45, 2.75) is 51.6 Å². The normalized spacial score (nSPS) is 13.9. The predicted molar refractivity (Wildman–Crippen MR) is 80.3 cm³/mol. The highest BCUT2D eigenvalue weighted by Crippen LogP contribution is 2.12. The second-order valence-electron chi connectivity index (χ2n) is 5.06. The van der Waals surface area contributed by atoms with Crippen molar-refractivity contribution in [1.82, 2.24) is 5.32 Å². The Hall–Kier alpha value is -1.06. The minimum absolute atomic E-state index is 0.0236. The summed E-state index contributed by atoms with van der Waals surface area (Å²) in [5.74, 6) is 0.0236. The van der Waals surface area contributed by atoms with Crippen LogP contribution in [0, 0.1) is 0 Å². The van der Waals surface area contributed by atoms with Crippen LogP contribution in [-0.4, -0.2) is 18.0 Å². The van der Waals surface area contributed by atoms with Crippen molar-refractivity contribution in [1.29, 1.82) is 0 Å². The van der Waals surface area contributed by atoms with Gasteiger partial charge in [-0.05, 0) is 37.5 Å². The molecule has 0 bridgehead atoms. The first-order valence-electron chi connectivity index (χ1n) is 6.80. The minimum Gasteiger partial charge on any atom is -0.353 e. The summed E-state index contributed by atoms with van der Waals surface area (Å²) in [7, 11) is 0. The molecule has 3 N–H and O–H groups in total. The standard InChI is InChI=1S/C15H23ClN2O/c1-3-5-14(17)10-15(19)18-11(2)8-12-6-4-7-13(16)9-12/h4,6-7,9,11,14H,3,5,8,10,17H2,1-2H3,(H,18,19). The number of rotatable bonds is 7. The minimum atomic E-state index is -0.0385. The zero-order chi connectivity index (χ0) is 14.3. The van der Waals surface area contributed by atoms with Gasteiger partial charge in [-0.25, -0.2) is 0 Å². The smallest absolute Gasteiger partial charge is 0.221 e. The maximum Gasteiger partial charge on any atom is 0.221 e. The van der Waals surface area contributed by atoms with E-state index in [-0.39, 0.29) is 18.0 Å². The first-order valence-corrected chi connectivity index (χ1v) is 7.18. The van der Waals surface area contributed by atoms with Crippen LogP contribution in [0.2, 0.25) is 5.02 Å². The van der Waals surface area contributed by atoms with E-state index in [1.54, 1.807) is 0 Å². The van der Waals surface area contributed by atoms with Crippen LogP contribution < -0.4 is 11.1 Å². The third kappa shape index (κ3) is 6.60. The van der Waals surface area contributed by atoms with E-state index in [0.717, 1.165) is 29.8 Å². The van der Waals surface area contributed by atoms with E-state index in [4.69, 9.17) is 17.3 Å². The fraction of sp³-hybridized carbons (Fsp3) is 0.533. The summed E-state index contributed by atoms with van der Waals surface area (Å²) in [6.45, 7) is 4.06. The van der Waals surface area contributed by atoms with Gasteiger partial charge in [0.05, 0.1) is 0 Å². The van der Waals surface area contributed by atoms with Crippen molar-refractivity contribution in [3.63, 3.8) is 0 Å². The third-order valence-electron chi connectivity index (χ3n) is 2.95. The van der Waals surface area contributed by atoms with Gasteiger partial charge in [0.15, 0.2) is 0 Å². The Morgan fingerprint density at radius 3 is 2.84 bits per heavy atom. The molecule has 1 aromatic rings. The van der Waals surface area contributed by atoms with E-state index in [1.165, 1.54) is 0 Å². The number of nitrogens with one attached hydrogen (secondary N) is 1. The lowest BCUT2D eigenvalue weighted by Crippen LogP contribution is -2.37. The van der Waals surface area contributed by atoms with Crippen molar-refractivity contribution in [2.75, 3.05) is 0 Å². The molecule has 0 saturated carbocycles. The van der Waals surface area contributed by atoms with Crippen LogP contribution in [0.3, 0.4) is 0 Å². The summed E-state index contributed by atoms with van der Waals surface area (Å²) in [5.41, 5.74) is 6.98. The van der Waals surface area contributed by atoms with E-state index < -0.39 is 0 Å². The average molecular weight is 283 g/mol. The number of carbonyl (C=O) groups is 1. The first-order chi connectivity index (χ1) is 9.01. The van der Waals surface area contributed by atoms with Gasteiger partial charge < -0.3 is 11.1 Å². The molecule has 3 nitrogen and oxygen atoms in total. The van der Waals surface area contributed by atoms with Crippen molar-refractivity contribution >= 4 is 17.5 Å². The largest absolute Gasteiger partial charge is 0.353 e. The second kappa shape index (κ2) is 8.18. The summed E-state index contributed by atoms with van der Waals surface area (Å²) in [4.78, 5) is 11.8. The molecule has 0 spiro atoms. The first kappa shape index (κ1) is 16.0. The van der Waals surface area contributed by atoms with Gasteiger partial charge in [-0.1, -0.05) is 37.1 Å². The highest BCUT2D eigenvalue weighted by Gasteiger charge is 2.12. The van der Waals surface area contributed by atoms with Gasteiger partial charge >= 0.3 is 0 Å². The fourth-order valence-corrected chi connectivity index (χ4v) is 2.33. The predicted octanol–water partition coefficient (Wildman–Crippen LogP) is 2.90. The Bertz CT molecular complexity index is 409. The van der Waals surface area contributed by atoms with E-state index in [0.29, 0.717) is 6.42 Å². The lowest BCUT2D eigenvalue weighted by Gasteiger charge is -2.16. The van der Waals surface area contributed by atoms with E-state index in [1.807, 2.05) is 31.2 Å². The number of halogens is 1. The third-order valence-corrected chi connectivity index (χ3v) is 3.18. The van der Waals surface area contributed by atoms with Crippen LogP contribution in [0.1, 0.15) is 38.7 Å². The van der Waals surface area contributed by atoms with E-state index >= 15 is 0 Å². The SMILES string of the molecule is CCCC(N)CC(=O)NC(C)Cc1cccc(Cl)c1. The number of amides is 1. The summed E-state index contributed by atoms with van der Waals surface area (Å²) in [6, 6.07) is 7.74. The molecule has 2 unspecified atom stereocenters. The van der Waals surface area contributed by atoms with Crippen molar-refractivity contribution in [3.8, 4) is 0 Å². The van der Waals surface area contributed by atoms with Crippen molar-refractivity contribution in [2.24, 2.45) is 5.73 Å². The van der Waals surface area contributed by atoms with Crippen LogP contribution in [0.25, 0.3) is 0 Å². The van der Waals surface area contributed by atoms with E-state index in [2.05, 4.69) is 12.2 Å². The molecule has 0 aliphatic rings. The molecular formula is C15H23ClN2O. The Kier molecular flexibility index (Phi) is 6.89. The molecule has 1 rings (SSSR count). The monoisotopic (exact) mass is 282 g/mol. The van der Waals surface area contributed by atoms with Gasteiger partial charge in [0.25, 0.3) is 0 Å². The summed E-state index contributed by atoms with van der Waals surface area (Å²) >= 11 is 5.93. The van der Waals surface area contributed by atoms with Gasteiger partial charge in [-0.2, -0.15) is 0 Å². The number of carbonyl (C=O) groups excluding carboxylic acids is 1. The molecule has 0 aliphatic heterocycles. The number of hydrogen-bond acceptors (Lipinski definition) is 2. The second-order valence-corrected chi connectivity index (χ2v) is 5.49. The zero-order valence-electron chi connectivity index (χ0n) is 11.7. The molecule has 0 fully saturated rings. The maximum atomic E-state index is 11.8. The van der Waals surface area contributed by atoms with Gasteiger partial charge in [0, 0.05) is 23.5 Å². The Labute approximate surface area is 120 Å². The molecule has 0 aliphatic carbocycles. The average Bonchev–Trinajstić information content (AvgIpc) is 2.28. The molecule has 2 atom stereocenters. The van der Waals surface area contributed by atoms with Gasteiger partial charge in [-0.15, -0.1) is 0 Å². The number of nitrogens with two attached hydrogens (primary N) is 1. The summed E-state index contributed by atoms with van der Waals surface area (Å²) < 4.78 is 0. The Balaban J connectivity index is 2.38. The number of hydrogen-bond donors (Lipinski definition) is 2. The molecule has 1 amide bonds. The van der Waals surface area contributed by atoms with Crippen LogP contribution in [-0.2, 0) is 11.2 Å². The highest BCUT2D eigenvalue weighted by molar-refractivity contribution is 6.30. The Morgan fingerprint density at radius 1 is 1.47 bits per heavy atom. The van der Waals surface area contributed by atoms with Crippen molar-refractivity contribution in [3.05, 3.63) is 34.9 Å². The lowest BCUT2D eigenvalue weighted by molar-refractivity contribution is -0.122. The molecule has 0 radical (unpaired) electrons.